The largest absolute Gasteiger partial charge is 0.477 e. The lowest BCUT2D eigenvalue weighted by Gasteiger charge is -2.03. The number of aromatic carboxylic acids is 1. The minimum absolute atomic E-state index is 0.0945. The van der Waals surface area contributed by atoms with Gasteiger partial charge in [0.15, 0.2) is 5.13 Å². The van der Waals surface area contributed by atoms with E-state index in [1.165, 1.54) is 7.11 Å². The minimum Gasteiger partial charge on any atom is -0.477 e. The quantitative estimate of drug-likeness (QED) is 0.885. The van der Waals surface area contributed by atoms with E-state index in [1.54, 1.807) is 6.07 Å². The van der Waals surface area contributed by atoms with Crippen LogP contribution in [-0.2, 0) is 9.53 Å². The summed E-state index contributed by atoms with van der Waals surface area (Å²) < 4.78 is 4.71. The van der Waals surface area contributed by atoms with Crippen molar-refractivity contribution in [1.82, 2.24) is 4.98 Å². The highest BCUT2D eigenvalue weighted by Gasteiger charge is 2.20. The van der Waals surface area contributed by atoms with E-state index in [1.807, 2.05) is 25.1 Å². The molecule has 2 rings (SSSR count). The van der Waals surface area contributed by atoms with Crippen molar-refractivity contribution < 1.29 is 19.4 Å². The fraction of sp³-hybridized carbons (Fsp3) is 0.214. The second-order valence-electron chi connectivity index (χ2n) is 4.30. The number of ether oxygens (including phenoxy) is 1. The number of nitrogens with one attached hydrogen (secondary N) is 1. The molecule has 1 aromatic heterocycles. The number of amides is 1. The van der Waals surface area contributed by atoms with E-state index < -0.39 is 5.97 Å². The number of carbonyl (C=O) groups excluding carboxylic acids is 1. The van der Waals surface area contributed by atoms with Crippen LogP contribution in [0.4, 0.5) is 5.13 Å². The van der Waals surface area contributed by atoms with Crippen LogP contribution in [0.2, 0.25) is 0 Å². The normalized spacial score (nSPS) is 10.4. The predicted octanol–water partition coefficient (Wildman–Crippen LogP) is 2.40. The highest BCUT2D eigenvalue weighted by atomic mass is 32.1. The molecule has 0 fully saturated rings. The van der Waals surface area contributed by atoms with Gasteiger partial charge in [-0.25, -0.2) is 9.78 Å². The molecule has 0 radical (unpaired) electrons. The van der Waals surface area contributed by atoms with Gasteiger partial charge in [-0.2, -0.15) is 0 Å². The predicted molar refractivity (Wildman–Crippen MR) is 79.8 cm³/mol. The van der Waals surface area contributed by atoms with Crippen molar-refractivity contribution in [2.75, 3.05) is 19.0 Å². The van der Waals surface area contributed by atoms with Crippen molar-refractivity contribution in [2.24, 2.45) is 0 Å². The van der Waals surface area contributed by atoms with Gasteiger partial charge in [0.05, 0.1) is 5.69 Å². The fourth-order valence-electron chi connectivity index (χ4n) is 1.83. The minimum atomic E-state index is -1.07. The lowest BCUT2D eigenvalue weighted by atomic mass is 10.1. The molecule has 21 heavy (non-hydrogen) atoms. The number of carbonyl (C=O) groups is 2. The number of methoxy groups -OCH3 is 1. The number of aromatic nitrogens is 1. The molecule has 1 heterocycles. The first-order valence-electron chi connectivity index (χ1n) is 6.12. The van der Waals surface area contributed by atoms with E-state index in [0.717, 1.165) is 22.5 Å². The molecule has 0 aliphatic heterocycles. The molecule has 0 spiro atoms. The van der Waals surface area contributed by atoms with Crippen LogP contribution in [0.25, 0.3) is 11.3 Å². The smallest absolute Gasteiger partial charge is 0.348 e. The molecular formula is C14H14N2O4S. The third-order valence-corrected chi connectivity index (χ3v) is 3.70. The molecule has 0 bridgehead atoms. The number of thiazole rings is 1. The molecule has 7 heteroatoms. The topological polar surface area (TPSA) is 88.5 Å². The van der Waals surface area contributed by atoms with Gasteiger partial charge >= 0.3 is 5.97 Å². The number of hydrogen-bond acceptors (Lipinski definition) is 5. The lowest BCUT2D eigenvalue weighted by Crippen LogP contribution is -2.16. The van der Waals surface area contributed by atoms with Gasteiger partial charge in [-0.15, -0.1) is 0 Å². The molecule has 2 aromatic rings. The Labute approximate surface area is 125 Å². The van der Waals surface area contributed by atoms with Crippen molar-refractivity contribution in [3.63, 3.8) is 0 Å². The number of benzene rings is 1. The van der Waals surface area contributed by atoms with Gasteiger partial charge in [-0.3, -0.25) is 10.1 Å². The lowest BCUT2D eigenvalue weighted by molar-refractivity contribution is -0.119. The SMILES string of the molecule is COCC(=O)Nc1nc(-c2ccccc2C)c(C(=O)O)s1. The molecule has 0 aliphatic rings. The number of rotatable bonds is 5. The van der Waals surface area contributed by atoms with E-state index >= 15 is 0 Å². The second kappa shape index (κ2) is 6.47. The third-order valence-electron chi connectivity index (χ3n) is 2.74. The zero-order valence-electron chi connectivity index (χ0n) is 11.5. The summed E-state index contributed by atoms with van der Waals surface area (Å²) in [6.07, 6.45) is 0. The van der Waals surface area contributed by atoms with Crippen LogP contribution >= 0.6 is 11.3 Å². The van der Waals surface area contributed by atoms with Crippen molar-refractivity contribution in [1.29, 1.82) is 0 Å². The average molecular weight is 306 g/mol. The van der Waals surface area contributed by atoms with Crippen LogP contribution in [0.1, 0.15) is 15.2 Å². The van der Waals surface area contributed by atoms with E-state index in [0.29, 0.717) is 5.69 Å². The Kier molecular flexibility index (Phi) is 4.66. The molecule has 110 valence electrons. The molecule has 1 amide bonds. The van der Waals surface area contributed by atoms with E-state index in [-0.39, 0.29) is 22.5 Å². The maximum absolute atomic E-state index is 11.5. The Morgan fingerprint density at radius 2 is 2.10 bits per heavy atom. The Morgan fingerprint density at radius 3 is 2.71 bits per heavy atom. The van der Waals surface area contributed by atoms with Crippen molar-refractivity contribution in [2.45, 2.75) is 6.92 Å². The van der Waals surface area contributed by atoms with Crippen LogP contribution in [0.3, 0.4) is 0 Å². The van der Waals surface area contributed by atoms with E-state index in [9.17, 15) is 14.7 Å². The molecule has 6 nitrogen and oxygen atoms in total. The molecule has 0 atom stereocenters. The Balaban J connectivity index is 2.41. The van der Waals surface area contributed by atoms with Gasteiger partial charge in [0.25, 0.3) is 5.91 Å². The van der Waals surface area contributed by atoms with Gasteiger partial charge in [-0.1, -0.05) is 35.6 Å². The molecule has 0 aliphatic carbocycles. The van der Waals surface area contributed by atoms with Gasteiger partial charge in [0.1, 0.15) is 11.5 Å². The summed E-state index contributed by atoms with van der Waals surface area (Å²) in [6, 6.07) is 7.37. The molecule has 0 unspecified atom stereocenters. The van der Waals surface area contributed by atoms with E-state index in [4.69, 9.17) is 4.74 Å². The van der Waals surface area contributed by atoms with Gasteiger partial charge in [0, 0.05) is 12.7 Å². The van der Waals surface area contributed by atoms with E-state index in [2.05, 4.69) is 10.3 Å². The first-order valence-corrected chi connectivity index (χ1v) is 6.93. The van der Waals surface area contributed by atoms with Crippen LogP contribution in [0, 0.1) is 6.92 Å². The Bertz CT molecular complexity index is 681. The zero-order chi connectivity index (χ0) is 15.4. The van der Waals surface area contributed by atoms with Gasteiger partial charge in [-0.05, 0) is 12.5 Å². The van der Waals surface area contributed by atoms with Crippen LogP contribution in [0.5, 0.6) is 0 Å². The Morgan fingerprint density at radius 1 is 1.38 bits per heavy atom. The maximum Gasteiger partial charge on any atom is 0.348 e. The maximum atomic E-state index is 11.5. The summed E-state index contributed by atoms with van der Waals surface area (Å²) in [5.74, 6) is -1.45. The summed E-state index contributed by atoms with van der Waals surface area (Å²) in [5.41, 5.74) is 2.01. The first kappa shape index (κ1) is 15.1. The van der Waals surface area contributed by atoms with Crippen molar-refractivity contribution in [3.8, 4) is 11.3 Å². The third kappa shape index (κ3) is 3.45. The molecule has 0 saturated carbocycles. The standard InChI is InChI=1S/C14H14N2O4S/c1-8-5-3-4-6-9(8)11-12(13(18)19)21-14(16-11)15-10(17)7-20-2/h3-6H,7H2,1-2H3,(H,18,19)(H,15,16,17). The number of anilines is 1. The second-order valence-corrected chi connectivity index (χ2v) is 5.30. The van der Waals surface area contributed by atoms with Crippen molar-refractivity contribution >= 4 is 28.3 Å². The fourth-order valence-corrected chi connectivity index (χ4v) is 2.66. The van der Waals surface area contributed by atoms with Crippen LogP contribution in [-0.4, -0.2) is 35.7 Å². The zero-order valence-corrected chi connectivity index (χ0v) is 12.4. The van der Waals surface area contributed by atoms with Gasteiger partial charge in [0.2, 0.25) is 0 Å². The number of carboxylic acids is 1. The number of nitrogens with zero attached hydrogens (tertiary/aromatic N) is 1. The summed E-state index contributed by atoms with van der Waals surface area (Å²) in [7, 11) is 1.41. The summed E-state index contributed by atoms with van der Waals surface area (Å²) in [6.45, 7) is 1.77. The molecule has 1 aromatic carbocycles. The number of hydrogen-bond donors (Lipinski definition) is 2. The summed E-state index contributed by atoms with van der Waals surface area (Å²) >= 11 is 0.927. The Hall–Kier alpha value is -2.25. The summed E-state index contributed by atoms with van der Waals surface area (Å²) in [4.78, 5) is 27.2. The highest BCUT2D eigenvalue weighted by molar-refractivity contribution is 7.18. The van der Waals surface area contributed by atoms with Gasteiger partial charge < -0.3 is 9.84 Å². The monoisotopic (exact) mass is 306 g/mol. The molecule has 2 N–H and O–H groups in total. The number of aryl methyl sites for hydroxylation is 1. The van der Waals surface area contributed by atoms with Crippen LogP contribution < -0.4 is 5.32 Å². The van der Waals surface area contributed by atoms with Crippen molar-refractivity contribution in [3.05, 3.63) is 34.7 Å². The molecular weight excluding hydrogens is 292 g/mol. The summed E-state index contributed by atoms with van der Waals surface area (Å²) in [5, 5.41) is 12.1. The average Bonchev–Trinajstić information content (AvgIpc) is 2.83. The van der Waals surface area contributed by atoms with Crippen LogP contribution in [0.15, 0.2) is 24.3 Å². The first-order chi connectivity index (χ1) is 10.0. The molecule has 0 saturated heterocycles. The number of carboxylic acid groups (broad SMARTS) is 1. The highest BCUT2D eigenvalue weighted by Crippen LogP contribution is 2.32.